The fraction of sp³-hybridized carbons (Fsp3) is 0.714. The Kier molecular flexibility index (Phi) is 5.79. The molecule has 21 heavy (non-hydrogen) atoms. The van der Waals surface area contributed by atoms with Crippen LogP contribution in [0.2, 0.25) is 0 Å². The SMILES string of the molecule is CCCNCc1ccc(S(=O)(=O)NCC2(OC)CCC2)s1. The molecule has 120 valence electrons. The molecule has 5 nitrogen and oxygen atoms in total. The number of hydrogen-bond acceptors (Lipinski definition) is 5. The average Bonchev–Trinajstić information content (AvgIpc) is 2.88. The number of ether oxygens (including phenoxy) is 1. The van der Waals surface area contributed by atoms with Crippen molar-refractivity contribution in [1.29, 1.82) is 0 Å². The Morgan fingerprint density at radius 3 is 2.71 bits per heavy atom. The predicted molar refractivity (Wildman–Crippen MR) is 85.1 cm³/mol. The van der Waals surface area contributed by atoms with Gasteiger partial charge >= 0.3 is 0 Å². The molecular weight excluding hydrogens is 308 g/mol. The molecule has 0 aliphatic heterocycles. The number of nitrogens with one attached hydrogen (secondary N) is 2. The molecule has 1 fully saturated rings. The van der Waals surface area contributed by atoms with Crippen LogP contribution in [0.25, 0.3) is 0 Å². The summed E-state index contributed by atoms with van der Waals surface area (Å²) in [6.07, 6.45) is 4.00. The molecule has 1 aromatic rings. The fourth-order valence-corrected chi connectivity index (χ4v) is 4.79. The molecule has 1 aliphatic carbocycles. The van der Waals surface area contributed by atoms with Gasteiger partial charge in [-0.1, -0.05) is 6.92 Å². The van der Waals surface area contributed by atoms with Gasteiger partial charge in [-0.15, -0.1) is 11.3 Å². The zero-order valence-corrected chi connectivity index (χ0v) is 14.3. The second-order valence-corrected chi connectivity index (χ2v) is 8.62. The van der Waals surface area contributed by atoms with Crippen molar-refractivity contribution in [3.63, 3.8) is 0 Å². The molecule has 0 saturated heterocycles. The lowest BCUT2D eigenvalue weighted by atomic mass is 9.80. The maximum Gasteiger partial charge on any atom is 0.250 e. The lowest BCUT2D eigenvalue weighted by Crippen LogP contribution is -2.49. The van der Waals surface area contributed by atoms with Crippen molar-refractivity contribution in [2.75, 3.05) is 20.2 Å². The highest BCUT2D eigenvalue weighted by molar-refractivity contribution is 7.91. The molecular formula is C14H24N2O3S2. The second-order valence-electron chi connectivity index (χ2n) is 5.46. The minimum atomic E-state index is -3.43. The molecule has 0 unspecified atom stereocenters. The van der Waals surface area contributed by atoms with Gasteiger partial charge in [-0.2, -0.15) is 0 Å². The summed E-state index contributed by atoms with van der Waals surface area (Å²) in [7, 11) is -1.78. The van der Waals surface area contributed by atoms with E-state index in [-0.39, 0.29) is 5.60 Å². The molecule has 1 aliphatic rings. The van der Waals surface area contributed by atoms with Crippen LogP contribution in [0.5, 0.6) is 0 Å². The van der Waals surface area contributed by atoms with E-state index < -0.39 is 10.0 Å². The monoisotopic (exact) mass is 332 g/mol. The molecule has 1 heterocycles. The van der Waals surface area contributed by atoms with Gasteiger partial charge in [0.2, 0.25) is 10.0 Å². The zero-order valence-electron chi connectivity index (χ0n) is 12.6. The Hall–Kier alpha value is -0.470. The Balaban J connectivity index is 1.93. The molecule has 1 saturated carbocycles. The number of sulfonamides is 1. The van der Waals surface area contributed by atoms with Gasteiger partial charge in [-0.3, -0.25) is 0 Å². The van der Waals surface area contributed by atoms with Crippen molar-refractivity contribution in [1.82, 2.24) is 10.0 Å². The van der Waals surface area contributed by atoms with Gasteiger partial charge in [0.05, 0.1) is 5.60 Å². The van der Waals surface area contributed by atoms with E-state index in [0.717, 1.165) is 43.6 Å². The van der Waals surface area contributed by atoms with Crippen molar-refractivity contribution < 1.29 is 13.2 Å². The van der Waals surface area contributed by atoms with Crippen LogP contribution < -0.4 is 10.0 Å². The van der Waals surface area contributed by atoms with E-state index in [4.69, 9.17) is 4.74 Å². The Labute approximate surface area is 131 Å². The molecule has 0 aromatic carbocycles. The van der Waals surface area contributed by atoms with Crippen LogP contribution >= 0.6 is 11.3 Å². The van der Waals surface area contributed by atoms with E-state index in [9.17, 15) is 8.42 Å². The van der Waals surface area contributed by atoms with Crippen LogP contribution in [0.4, 0.5) is 0 Å². The van der Waals surface area contributed by atoms with Crippen LogP contribution in [0.3, 0.4) is 0 Å². The molecule has 1 aromatic heterocycles. The van der Waals surface area contributed by atoms with Crippen LogP contribution in [0.1, 0.15) is 37.5 Å². The van der Waals surface area contributed by atoms with Crippen LogP contribution in [0.15, 0.2) is 16.3 Å². The predicted octanol–water partition coefficient (Wildman–Crippen LogP) is 2.10. The summed E-state index contributed by atoms with van der Waals surface area (Å²) in [5.74, 6) is 0. The molecule has 0 spiro atoms. The number of rotatable bonds is 9. The summed E-state index contributed by atoms with van der Waals surface area (Å²) in [6.45, 7) is 4.12. The average molecular weight is 332 g/mol. The molecule has 2 rings (SSSR count). The highest BCUT2D eigenvalue weighted by atomic mass is 32.2. The minimum Gasteiger partial charge on any atom is -0.377 e. The van der Waals surface area contributed by atoms with Crippen molar-refractivity contribution in [3.8, 4) is 0 Å². The lowest BCUT2D eigenvalue weighted by Gasteiger charge is -2.40. The van der Waals surface area contributed by atoms with E-state index in [1.165, 1.54) is 11.3 Å². The topological polar surface area (TPSA) is 67.4 Å². The zero-order chi connectivity index (χ0) is 15.3. The van der Waals surface area contributed by atoms with Crippen molar-refractivity contribution in [2.45, 2.75) is 49.0 Å². The molecule has 0 atom stereocenters. The molecule has 7 heteroatoms. The van der Waals surface area contributed by atoms with Gasteiger partial charge in [0.1, 0.15) is 4.21 Å². The third-order valence-electron chi connectivity index (χ3n) is 3.91. The first-order valence-electron chi connectivity index (χ1n) is 7.35. The molecule has 0 bridgehead atoms. The highest BCUT2D eigenvalue weighted by Gasteiger charge is 2.38. The molecule has 0 amide bonds. The first-order valence-corrected chi connectivity index (χ1v) is 9.65. The largest absolute Gasteiger partial charge is 0.377 e. The first kappa shape index (κ1) is 16.9. The third kappa shape index (κ3) is 4.26. The van der Waals surface area contributed by atoms with E-state index >= 15 is 0 Å². The normalized spacial score (nSPS) is 17.6. The Bertz CT molecular complexity index is 545. The first-order chi connectivity index (χ1) is 10.0. The summed E-state index contributed by atoms with van der Waals surface area (Å²) < 4.78 is 33.1. The third-order valence-corrected chi connectivity index (χ3v) is 6.89. The summed E-state index contributed by atoms with van der Waals surface area (Å²) in [6, 6.07) is 3.55. The quantitative estimate of drug-likeness (QED) is 0.680. The van der Waals surface area contributed by atoms with Crippen LogP contribution in [-0.2, 0) is 21.3 Å². The van der Waals surface area contributed by atoms with Gasteiger partial charge in [-0.25, -0.2) is 13.1 Å². The van der Waals surface area contributed by atoms with Gasteiger partial charge in [0, 0.05) is 25.1 Å². The maximum atomic E-state index is 12.3. The van der Waals surface area contributed by atoms with Gasteiger partial charge in [0.15, 0.2) is 0 Å². The van der Waals surface area contributed by atoms with E-state index in [2.05, 4.69) is 17.0 Å². The molecule has 0 radical (unpaired) electrons. The van der Waals surface area contributed by atoms with Gasteiger partial charge in [0.25, 0.3) is 0 Å². The fourth-order valence-electron chi connectivity index (χ4n) is 2.31. The number of thiophene rings is 1. The summed E-state index contributed by atoms with van der Waals surface area (Å²) in [5, 5.41) is 3.27. The van der Waals surface area contributed by atoms with Gasteiger partial charge < -0.3 is 10.1 Å². The van der Waals surface area contributed by atoms with Crippen molar-refractivity contribution in [2.24, 2.45) is 0 Å². The smallest absolute Gasteiger partial charge is 0.250 e. The van der Waals surface area contributed by atoms with E-state index in [1.807, 2.05) is 6.07 Å². The van der Waals surface area contributed by atoms with E-state index in [1.54, 1.807) is 13.2 Å². The summed E-state index contributed by atoms with van der Waals surface area (Å²) >= 11 is 1.32. The van der Waals surface area contributed by atoms with E-state index in [0.29, 0.717) is 10.8 Å². The summed E-state index contributed by atoms with van der Waals surface area (Å²) in [4.78, 5) is 1.04. The maximum absolute atomic E-state index is 12.3. The number of methoxy groups -OCH3 is 1. The molecule has 2 N–H and O–H groups in total. The summed E-state index contributed by atoms with van der Waals surface area (Å²) in [5.41, 5.74) is -0.296. The van der Waals surface area contributed by atoms with Gasteiger partial charge in [-0.05, 0) is 44.4 Å². The number of hydrogen-bond donors (Lipinski definition) is 2. The highest BCUT2D eigenvalue weighted by Crippen LogP contribution is 2.34. The van der Waals surface area contributed by atoms with Crippen molar-refractivity contribution in [3.05, 3.63) is 17.0 Å². The van der Waals surface area contributed by atoms with Crippen molar-refractivity contribution >= 4 is 21.4 Å². The lowest BCUT2D eigenvalue weighted by molar-refractivity contribution is -0.0659. The van der Waals surface area contributed by atoms with Crippen LogP contribution in [0, 0.1) is 0 Å². The second kappa shape index (κ2) is 7.19. The van der Waals surface area contributed by atoms with Crippen LogP contribution in [-0.4, -0.2) is 34.2 Å². The Morgan fingerprint density at radius 1 is 1.38 bits per heavy atom. The Morgan fingerprint density at radius 2 is 2.14 bits per heavy atom. The minimum absolute atomic E-state index is 0.296. The standard InChI is InChI=1S/C14H24N2O3S2/c1-3-9-15-10-12-5-6-13(20-12)21(17,18)16-11-14(19-2)7-4-8-14/h5-6,15-16H,3-4,7-11H2,1-2H3.